The Hall–Kier alpha value is -5.86. The molecular weight excluding hydrogens is 676 g/mol. The molecule has 0 amide bonds. The zero-order valence-corrected chi connectivity index (χ0v) is 28.6. The average molecular weight is 708 g/mol. The van der Waals surface area contributed by atoms with Crippen molar-refractivity contribution < 1.29 is 14.2 Å². The van der Waals surface area contributed by atoms with E-state index in [1.165, 1.54) is 0 Å². The van der Waals surface area contributed by atoms with Crippen molar-refractivity contribution in [3.8, 4) is 50.6 Å². The van der Waals surface area contributed by atoms with Crippen molar-refractivity contribution in [1.82, 2.24) is 19.9 Å². The van der Waals surface area contributed by atoms with E-state index in [2.05, 4.69) is 105 Å². The Bertz CT molecular complexity index is 2390. The predicted octanol–water partition coefficient (Wildman–Crippen LogP) is 10.4. The SMILES string of the molecule is COc1ccc(-c2c3nc(c(-c4ccc(OC)cc4)c4ccc([nH]4)c(-c4ccc(OC)cc4)c4nc(c(Br)c5ccc2[nH]5)C=C4)C=C3)cc1. The number of nitrogens with one attached hydrogen (secondary N) is 2. The first-order valence-corrected chi connectivity index (χ1v) is 16.6. The molecule has 5 heterocycles. The van der Waals surface area contributed by atoms with E-state index in [-0.39, 0.29) is 0 Å². The monoisotopic (exact) mass is 706 g/mol. The third-order valence-corrected chi connectivity index (χ3v) is 9.66. The van der Waals surface area contributed by atoms with E-state index in [4.69, 9.17) is 24.2 Å². The van der Waals surface area contributed by atoms with Gasteiger partial charge in [-0.2, -0.15) is 0 Å². The lowest BCUT2D eigenvalue weighted by molar-refractivity contribution is 0.415. The number of aromatic nitrogens is 4. The topological polar surface area (TPSA) is 85.1 Å². The van der Waals surface area contributed by atoms with Crippen LogP contribution >= 0.6 is 15.9 Å². The molecule has 0 fully saturated rings. The minimum atomic E-state index is 0.787. The van der Waals surface area contributed by atoms with Crippen LogP contribution in [0.1, 0.15) is 22.8 Å². The van der Waals surface area contributed by atoms with Crippen LogP contribution < -0.4 is 14.2 Å². The number of fused-ring (bicyclic) bond motifs is 8. The minimum Gasteiger partial charge on any atom is -0.497 e. The first-order valence-electron chi connectivity index (χ1n) is 15.8. The molecule has 0 unspecified atom stereocenters. The highest BCUT2D eigenvalue weighted by Gasteiger charge is 2.18. The van der Waals surface area contributed by atoms with Gasteiger partial charge in [0.05, 0.1) is 54.1 Å². The van der Waals surface area contributed by atoms with Crippen LogP contribution in [0.5, 0.6) is 17.2 Å². The number of methoxy groups -OCH3 is 3. The van der Waals surface area contributed by atoms with Crippen LogP contribution in [0.3, 0.4) is 0 Å². The van der Waals surface area contributed by atoms with Gasteiger partial charge in [0.1, 0.15) is 17.2 Å². The van der Waals surface area contributed by atoms with E-state index >= 15 is 0 Å². The third kappa shape index (κ3) is 5.60. The van der Waals surface area contributed by atoms with Crippen LogP contribution in [0.15, 0.2) is 102 Å². The highest BCUT2D eigenvalue weighted by Crippen LogP contribution is 2.38. The number of hydrogen-bond acceptors (Lipinski definition) is 5. The Morgan fingerprint density at radius 1 is 0.408 bits per heavy atom. The summed E-state index contributed by atoms with van der Waals surface area (Å²) in [7, 11) is 5.02. The Morgan fingerprint density at radius 2 is 0.714 bits per heavy atom. The zero-order valence-electron chi connectivity index (χ0n) is 27.0. The standard InChI is InChI=1S/C41H31BrN4O3/c1-47-27-10-4-24(5-11-27)38-30-16-18-32(43-30)39(25-6-12-28(48-2)13-7-25)34-20-22-36(45-34)41(42)37-23-21-35(46-37)40(33-19-17-31(38)44-33)26-8-14-29(49-3)15-9-26/h4-23,43,46H,1-3H3. The van der Waals surface area contributed by atoms with Gasteiger partial charge in [-0.1, -0.05) is 36.4 Å². The lowest BCUT2D eigenvalue weighted by Gasteiger charge is -2.07. The lowest BCUT2D eigenvalue weighted by atomic mass is 10.0. The first kappa shape index (κ1) is 30.5. The van der Waals surface area contributed by atoms with Crippen LogP contribution in [0, 0.1) is 0 Å². The summed E-state index contributed by atoms with van der Waals surface area (Å²) in [5.74, 6) is 2.37. The molecule has 3 aromatic heterocycles. The van der Waals surface area contributed by atoms with Gasteiger partial charge in [0.15, 0.2) is 0 Å². The molecule has 0 radical (unpaired) electrons. The Kier molecular flexibility index (Phi) is 7.86. The van der Waals surface area contributed by atoms with Crippen molar-refractivity contribution in [1.29, 1.82) is 0 Å². The van der Waals surface area contributed by atoms with Crippen molar-refractivity contribution in [2.24, 2.45) is 0 Å². The second-order valence-electron chi connectivity index (χ2n) is 11.6. The fourth-order valence-electron chi connectivity index (χ4n) is 6.36. The van der Waals surface area contributed by atoms with Gasteiger partial charge >= 0.3 is 0 Å². The number of hydrogen-bond donors (Lipinski definition) is 2. The summed E-state index contributed by atoms with van der Waals surface area (Å²) in [6.45, 7) is 0. The maximum Gasteiger partial charge on any atom is 0.118 e. The summed E-state index contributed by atoms with van der Waals surface area (Å²) >= 11 is 3.87. The second kappa shape index (κ2) is 12.6. The molecule has 2 aliphatic heterocycles. The van der Waals surface area contributed by atoms with Gasteiger partial charge in [0, 0.05) is 33.2 Å². The lowest BCUT2D eigenvalue weighted by Crippen LogP contribution is -1.90. The third-order valence-electron chi connectivity index (χ3n) is 8.83. The quantitative estimate of drug-likeness (QED) is 0.180. The molecule has 3 aromatic carbocycles. The molecule has 8 bridgehead atoms. The largest absolute Gasteiger partial charge is 0.497 e. The molecule has 0 saturated carbocycles. The molecule has 0 spiro atoms. The molecule has 49 heavy (non-hydrogen) atoms. The number of benzene rings is 3. The summed E-state index contributed by atoms with van der Waals surface area (Å²) < 4.78 is 17.3. The van der Waals surface area contributed by atoms with Gasteiger partial charge in [-0.15, -0.1) is 0 Å². The second-order valence-corrected chi connectivity index (χ2v) is 12.4. The molecule has 8 heteroatoms. The average Bonchev–Trinajstić information content (AvgIpc) is 3.99. The Balaban J connectivity index is 1.51. The van der Waals surface area contributed by atoms with Crippen LogP contribution in [0.2, 0.25) is 0 Å². The van der Waals surface area contributed by atoms with Gasteiger partial charge in [0.25, 0.3) is 0 Å². The van der Waals surface area contributed by atoms with Crippen molar-refractivity contribution in [2.45, 2.75) is 0 Å². The van der Waals surface area contributed by atoms with Crippen LogP contribution in [0.25, 0.3) is 79.8 Å². The van der Waals surface area contributed by atoms with E-state index in [0.29, 0.717) is 0 Å². The molecule has 7 nitrogen and oxygen atoms in total. The summed E-state index contributed by atoms with van der Waals surface area (Å²) in [6, 6.07) is 32.6. The van der Waals surface area contributed by atoms with Crippen molar-refractivity contribution >= 4 is 62.3 Å². The Morgan fingerprint density at radius 3 is 1.08 bits per heavy atom. The molecular formula is C41H31BrN4O3. The molecule has 6 aromatic rings. The van der Waals surface area contributed by atoms with Gasteiger partial charge in [-0.3, -0.25) is 0 Å². The number of H-pyrrole nitrogens is 2. The van der Waals surface area contributed by atoms with Crippen LogP contribution in [-0.4, -0.2) is 41.3 Å². The maximum atomic E-state index is 5.49. The number of aromatic amines is 2. The summed E-state index contributed by atoms with van der Waals surface area (Å²) in [6.07, 6.45) is 8.27. The Labute approximate surface area is 291 Å². The molecule has 240 valence electrons. The molecule has 0 aliphatic carbocycles. The molecule has 2 N–H and O–H groups in total. The predicted molar refractivity (Wildman–Crippen MR) is 203 cm³/mol. The fourth-order valence-corrected chi connectivity index (χ4v) is 6.81. The number of halogens is 1. The van der Waals surface area contributed by atoms with Crippen LogP contribution in [0.4, 0.5) is 0 Å². The summed E-state index contributed by atoms with van der Waals surface area (Å²) in [5.41, 5.74) is 13.0. The molecule has 8 rings (SSSR count). The normalized spacial score (nSPS) is 11.9. The van der Waals surface area contributed by atoms with Gasteiger partial charge in [-0.05, 0) is 118 Å². The molecule has 0 saturated heterocycles. The van der Waals surface area contributed by atoms with Gasteiger partial charge < -0.3 is 24.2 Å². The molecule has 2 aliphatic rings. The van der Waals surface area contributed by atoms with Crippen molar-refractivity contribution in [3.63, 3.8) is 0 Å². The minimum absolute atomic E-state index is 0.787. The van der Waals surface area contributed by atoms with E-state index < -0.39 is 0 Å². The number of ether oxygens (including phenoxy) is 3. The first-order chi connectivity index (χ1) is 24.0. The van der Waals surface area contributed by atoms with Crippen molar-refractivity contribution in [2.75, 3.05) is 21.3 Å². The fraction of sp³-hybridized carbons (Fsp3) is 0.0732. The summed E-state index contributed by atoms with van der Waals surface area (Å²) in [4.78, 5) is 17.9. The van der Waals surface area contributed by atoms with Gasteiger partial charge in [-0.25, -0.2) is 9.97 Å². The van der Waals surface area contributed by atoms with Crippen LogP contribution in [-0.2, 0) is 0 Å². The smallest absolute Gasteiger partial charge is 0.118 e. The number of nitrogens with zero attached hydrogens (tertiary/aromatic N) is 2. The van der Waals surface area contributed by atoms with E-state index in [1.807, 2.05) is 42.5 Å². The molecule has 0 atom stereocenters. The van der Waals surface area contributed by atoms with E-state index in [0.717, 1.165) is 99.9 Å². The maximum absolute atomic E-state index is 5.49. The van der Waals surface area contributed by atoms with E-state index in [1.54, 1.807) is 21.3 Å². The van der Waals surface area contributed by atoms with Crippen molar-refractivity contribution in [3.05, 3.63) is 124 Å². The summed E-state index contributed by atoms with van der Waals surface area (Å²) in [5, 5.41) is 0. The highest BCUT2D eigenvalue weighted by atomic mass is 79.9. The van der Waals surface area contributed by atoms with E-state index in [9.17, 15) is 0 Å². The zero-order chi connectivity index (χ0) is 33.5. The van der Waals surface area contributed by atoms with Gasteiger partial charge in [0.2, 0.25) is 0 Å². The number of rotatable bonds is 6. The highest BCUT2D eigenvalue weighted by molar-refractivity contribution is 9.10.